The van der Waals surface area contributed by atoms with Crippen LogP contribution in [0.2, 0.25) is 0 Å². The van der Waals surface area contributed by atoms with E-state index in [9.17, 15) is 21.6 Å². The molecule has 0 atom stereocenters. The van der Waals surface area contributed by atoms with Gasteiger partial charge in [0.2, 0.25) is 15.9 Å². The van der Waals surface area contributed by atoms with Gasteiger partial charge in [0, 0.05) is 18.7 Å². The van der Waals surface area contributed by atoms with Crippen molar-refractivity contribution in [2.45, 2.75) is 63.2 Å². The first-order chi connectivity index (χ1) is 16.4. The summed E-state index contributed by atoms with van der Waals surface area (Å²) in [6.45, 7) is 7.23. The smallest absolute Gasteiger partial charge is 0.262 e. The Morgan fingerprint density at radius 1 is 0.914 bits per heavy atom. The number of benzene rings is 2. The molecule has 0 radical (unpaired) electrons. The van der Waals surface area contributed by atoms with Crippen LogP contribution in [-0.2, 0) is 24.8 Å². The van der Waals surface area contributed by atoms with E-state index in [4.69, 9.17) is 0 Å². The van der Waals surface area contributed by atoms with Crippen molar-refractivity contribution in [2.24, 2.45) is 4.99 Å². The predicted molar refractivity (Wildman–Crippen MR) is 137 cm³/mol. The molecule has 1 amide bonds. The van der Waals surface area contributed by atoms with Crippen molar-refractivity contribution >= 4 is 37.5 Å². The molecule has 3 N–H and O–H groups in total. The number of aliphatic imine (C=N–C) groups is 1. The topological polar surface area (TPSA) is 134 Å². The van der Waals surface area contributed by atoms with E-state index in [-0.39, 0.29) is 15.5 Å². The number of sulfonamides is 2. The van der Waals surface area contributed by atoms with Gasteiger partial charge in [-0.1, -0.05) is 18.6 Å². The van der Waals surface area contributed by atoms with Crippen molar-refractivity contribution in [3.05, 3.63) is 52.6 Å². The van der Waals surface area contributed by atoms with Gasteiger partial charge in [-0.3, -0.25) is 14.5 Å². The first-order valence-corrected chi connectivity index (χ1v) is 14.4. The van der Waals surface area contributed by atoms with Crippen LogP contribution in [0.5, 0.6) is 0 Å². The monoisotopic (exact) mass is 520 g/mol. The molecule has 35 heavy (non-hydrogen) atoms. The third-order valence-electron chi connectivity index (χ3n) is 6.04. The van der Waals surface area contributed by atoms with Crippen LogP contribution >= 0.6 is 0 Å². The average Bonchev–Trinajstić information content (AvgIpc) is 3.05. The molecule has 0 aliphatic carbocycles. The molecule has 0 spiro atoms. The van der Waals surface area contributed by atoms with Crippen molar-refractivity contribution in [1.82, 2.24) is 9.44 Å². The number of nitrogens with one attached hydrogen (secondary N) is 3. The summed E-state index contributed by atoms with van der Waals surface area (Å²) in [6.07, 6.45) is 3.37. The third kappa shape index (κ3) is 6.68. The van der Waals surface area contributed by atoms with Crippen LogP contribution in [0.3, 0.4) is 0 Å². The van der Waals surface area contributed by atoms with E-state index in [2.05, 4.69) is 19.8 Å². The lowest BCUT2D eigenvalue weighted by Gasteiger charge is -2.16. The highest BCUT2D eigenvalue weighted by Crippen LogP contribution is 2.26. The SMILES string of the molecule is Cc1cc(C)c(C)c(S(=O)(=O)NCC(=O)Nc2cccc(S(=O)(=O)NC3=NCCCCC3)c2)c1C. The number of carbonyl (C=O) groups is 1. The molecule has 0 fully saturated rings. The molecule has 2 aromatic carbocycles. The van der Waals surface area contributed by atoms with Crippen molar-refractivity contribution in [3.63, 3.8) is 0 Å². The highest BCUT2D eigenvalue weighted by atomic mass is 32.2. The number of amides is 1. The zero-order chi connectivity index (χ0) is 25.8. The van der Waals surface area contributed by atoms with Crippen LogP contribution in [0.15, 0.2) is 45.1 Å². The Morgan fingerprint density at radius 2 is 1.60 bits per heavy atom. The van der Waals surface area contributed by atoms with E-state index in [0.717, 1.165) is 30.4 Å². The number of hydrogen-bond acceptors (Lipinski definition) is 6. The number of hydrogen-bond donors (Lipinski definition) is 3. The molecule has 3 rings (SSSR count). The first kappa shape index (κ1) is 26.8. The van der Waals surface area contributed by atoms with Crippen LogP contribution in [0.25, 0.3) is 0 Å². The van der Waals surface area contributed by atoms with E-state index in [1.165, 1.54) is 24.3 Å². The zero-order valence-electron chi connectivity index (χ0n) is 20.4. The fourth-order valence-corrected chi connectivity index (χ4v) is 6.66. The summed E-state index contributed by atoms with van der Waals surface area (Å²) in [7, 11) is -7.80. The van der Waals surface area contributed by atoms with Gasteiger partial charge in [0.15, 0.2) is 0 Å². The molecule has 0 bridgehead atoms. The zero-order valence-corrected chi connectivity index (χ0v) is 22.1. The number of nitrogens with zero attached hydrogens (tertiary/aromatic N) is 1. The second kappa shape index (κ2) is 10.9. The summed E-state index contributed by atoms with van der Waals surface area (Å²) in [6, 6.07) is 7.71. The molecular formula is C24H32N4O5S2. The summed E-state index contributed by atoms with van der Waals surface area (Å²) >= 11 is 0. The van der Waals surface area contributed by atoms with Crippen molar-refractivity contribution in [3.8, 4) is 0 Å². The average molecular weight is 521 g/mol. The molecular weight excluding hydrogens is 488 g/mol. The fourth-order valence-electron chi connectivity index (χ4n) is 3.93. The van der Waals surface area contributed by atoms with E-state index >= 15 is 0 Å². The number of aryl methyl sites for hydroxylation is 2. The minimum atomic E-state index is -3.93. The summed E-state index contributed by atoms with van der Waals surface area (Å²) in [5.41, 5.74) is 3.19. The van der Waals surface area contributed by atoms with Gasteiger partial charge in [-0.2, -0.15) is 0 Å². The lowest BCUT2D eigenvalue weighted by atomic mass is 10.0. The minimum Gasteiger partial charge on any atom is -0.325 e. The normalized spacial score (nSPS) is 14.7. The molecule has 1 heterocycles. The highest BCUT2D eigenvalue weighted by Gasteiger charge is 2.23. The lowest BCUT2D eigenvalue weighted by molar-refractivity contribution is -0.115. The number of rotatable bonds is 7. The molecule has 1 aliphatic rings. The molecule has 0 saturated heterocycles. The number of amidine groups is 1. The molecule has 2 aromatic rings. The Bertz CT molecular complexity index is 1340. The minimum absolute atomic E-state index is 0.0238. The molecule has 0 aromatic heterocycles. The fraction of sp³-hybridized carbons (Fsp3) is 0.417. The maximum atomic E-state index is 12.9. The first-order valence-electron chi connectivity index (χ1n) is 11.4. The summed E-state index contributed by atoms with van der Waals surface area (Å²) in [5.74, 6) is -0.188. The van der Waals surface area contributed by atoms with Crippen molar-refractivity contribution in [1.29, 1.82) is 0 Å². The second-order valence-corrected chi connectivity index (χ2v) is 12.1. The van der Waals surface area contributed by atoms with Crippen LogP contribution in [0.1, 0.15) is 47.9 Å². The standard InChI is InChI=1S/C24H32N4O5S2/c1-16-13-17(2)19(4)24(18(16)3)35(32,33)26-15-23(29)27-20-9-8-10-21(14-20)34(30,31)28-22-11-6-5-7-12-25-22/h8-10,13-14,26H,5-7,11-12,15H2,1-4H3,(H,25,28)(H,27,29). The highest BCUT2D eigenvalue weighted by molar-refractivity contribution is 7.90. The van der Waals surface area contributed by atoms with Gasteiger partial charge >= 0.3 is 0 Å². The van der Waals surface area contributed by atoms with Gasteiger partial charge in [0.25, 0.3) is 10.0 Å². The molecule has 1 aliphatic heterocycles. The second-order valence-electron chi connectivity index (χ2n) is 8.73. The third-order valence-corrected chi connectivity index (χ3v) is 9.10. The van der Waals surface area contributed by atoms with E-state index in [1.54, 1.807) is 13.8 Å². The Hall–Kier alpha value is -2.76. The number of carbonyl (C=O) groups excluding carboxylic acids is 1. The van der Waals surface area contributed by atoms with Crippen LogP contribution in [0, 0.1) is 27.7 Å². The van der Waals surface area contributed by atoms with Gasteiger partial charge < -0.3 is 5.32 Å². The van der Waals surface area contributed by atoms with Crippen molar-refractivity contribution < 1.29 is 21.6 Å². The van der Waals surface area contributed by atoms with E-state index in [1.807, 2.05) is 19.9 Å². The van der Waals surface area contributed by atoms with E-state index in [0.29, 0.717) is 29.9 Å². The largest absolute Gasteiger partial charge is 0.325 e. The van der Waals surface area contributed by atoms with Gasteiger partial charge in [-0.25, -0.2) is 21.6 Å². The summed E-state index contributed by atoms with van der Waals surface area (Å²) in [4.78, 5) is 16.9. The van der Waals surface area contributed by atoms with Gasteiger partial charge in [0.05, 0.1) is 16.3 Å². The molecule has 11 heteroatoms. The lowest BCUT2D eigenvalue weighted by Crippen LogP contribution is -2.34. The predicted octanol–water partition coefficient (Wildman–Crippen LogP) is 3.09. The Balaban J connectivity index is 1.69. The Kier molecular flexibility index (Phi) is 8.34. The summed E-state index contributed by atoms with van der Waals surface area (Å²) in [5, 5.41) is 2.56. The van der Waals surface area contributed by atoms with Gasteiger partial charge in [0.1, 0.15) is 5.84 Å². The Labute approximate surface area is 207 Å². The van der Waals surface area contributed by atoms with Crippen LogP contribution in [-0.4, -0.2) is 41.7 Å². The molecule has 9 nitrogen and oxygen atoms in total. The van der Waals surface area contributed by atoms with E-state index < -0.39 is 32.5 Å². The quantitative estimate of drug-likeness (QED) is 0.516. The van der Waals surface area contributed by atoms with Crippen LogP contribution in [0.4, 0.5) is 5.69 Å². The molecule has 0 unspecified atom stereocenters. The summed E-state index contributed by atoms with van der Waals surface area (Å²) < 4.78 is 56.3. The molecule has 190 valence electrons. The van der Waals surface area contributed by atoms with Crippen molar-refractivity contribution in [2.75, 3.05) is 18.4 Å². The molecule has 0 saturated carbocycles. The Morgan fingerprint density at radius 3 is 2.29 bits per heavy atom. The van der Waals surface area contributed by atoms with Crippen LogP contribution < -0.4 is 14.8 Å². The maximum Gasteiger partial charge on any atom is 0.262 e. The maximum absolute atomic E-state index is 12.9. The number of anilines is 1. The van der Waals surface area contributed by atoms with Gasteiger partial charge in [-0.05, 0) is 81.0 Å². The van der Waals surface area contributed by atoms with Gasteiger partial charge in [-0.15, -0.1) is 0 Å².